The van der Waals surface area contributed by atoms with Crippen LogP contribution in [0.2, 0.25) is 10.0 Å². The molecule has 0 saturated carbocycles. The third kappa shape index (κ3) is 3.03. The van der Waals surface area contributed by atoms with Gasteiger partial charge in [-0.3, -0.25) is 4.79 Å². The van der Waals surface area contributed by atoms with Crippen LogP contribution < -0.4 is 20.9 Å². The Morgan fingerprint density at radius 1 is 1.27 bits per heavy atom. The van der Waals surface area contributed by atoms with Crippen molar-refractivity contribution in [3.05, 3.63) is 37.9 Å². The molecule has 0 aliphatic carbocycles. The molecule has 3 N–H and O–H groups in total. The zero-order valence-electron chi connectivity index (χ0n) is 11.5. The van der Waals surface area contributed by atoms with Gasteiger partial charge < -0.3 is 20.8 Å². The van der Waals surface area contributed by atoms with E-state index in [1.54, 1.807) is 18.2 Å². The fourth-order valence-electron chi connectivity index (χ4n) is 2.19. The quantitative estimate of drug-likeness (QED) is 0.822. The van der Waals surface area contributed by atoms with Crippen LogP contribution in [0, 0.1) is 0 Å². The van der Waals surface area contributed by atoms with E-state index in [9.17, 15) is 4.79 Å². The number of morpholine rings is 1. The summed E-state index contributed by atoms with van der Waals surface area (Å²) in [5, 5.41) is 4.93. The van der Waals surface area contributed by atoms with E-state index in [1.807, 2.05) is 0 Å². The van der Waals surface area contributed by atoms with Crippen molar-refractivity contribution in [2.24, 2.45) is 0 Å². The Morgan fingerprint density at radius 3 is 2.73 bits per heavy atom. The number of ether oxygens (including phenoxy) is 1. The molecule has 1 aliphatic rings. The summed E-state index contributed by atoms with van der Waals surface area (Å²) in [5.41, 5.74) is 0.598. The van der Waals surface area contributed by atoms with Gasteiger partial charge in [0.1, 0.15) is 5.00 Å². The van der Waals surface area contributed by atoms with Crippen LogP contribution in [0.3, 0.4) is 0 Å². The summed E-state index contributed by atoms with van der Waals surface area (Å²) in [5.74, 6) is 6.37. The SMILES string of the molecule is Nn1c(Nc2cc(Cl)ccc2Cl)c(N2CCOCC2)sc1=O. The van der Waals surface area contributed by atoms with Gasteiger partial charge in [0, 0.05) is 18.1 Å². The first kappa shape index (κ1) is 15.5. The van der Waals surface area contributed by atoms with E-state index in [0.717, 1.165) is 21.0 Å². The normalized spacial score (nSPS) is 15.1. The molecule has 1 aromatic heterocycles. The predicted octanol–water partition coefficient (Wildman–Crippen LogP) is 2.51. The molecule has 22 heavy (non-hydrogen) atoms. The molecule has 1 aromatic carbocycles. The van der Waals surface area contributed by atoms with E-state index < -0.39 is 0 Å². The highest BCUT2D eigenvalue weighted by Gasteiger charge is 2.21. The van der Waals surface area contributed by atoms with E-state index >= 15 is 0 Å². The summed E-state index contributed by atoms with van der Waals surface area (Å²) >= 11 is 13.2. The van der Waals surface area contributed by atoms with Gasteiger partial charge in [0.05, 0.1) is 23.9 Å². The molecule has 0 unspecified atom stereocenters. The number of thiazole rings is 1. The smallest absolute Gasteiger partial charge is 0.329 e. The van der Waals surface area contributed by atoms with Crippen molar-refractivity contribution < 1.29 is 4.74 Å². The number of hydrogen-bond acceptors (Lipinski definition) is 6. The van der Waals surface area contributed by atoms with E-state index in [1.165, 1.54) is 0 Å². The summed E-state index contributed by atoms with van der Waals surface area (Å²) in [4.78, 5) is 13.8. The zero-order chi connectivity index (χ0) is 15.7. The minimum atomic E-state index is -0.248. The zero-order valence-corrected chi connectivity index (χ0v) is 13.8. The first-order valence-corrected chi connectivity index (χ1v) is 8.19. The Labute approximate surface area is 141 Å². The highest BCUT2D eigenvalue weighted by Crippen LogP contribution is 2.34. The van der Waals surface area contributed by atoms with Gasteiger partial charge in [0.15, 0.2) is 5.82 Å². The first-order chi connectivity index (χ1) is 10.6. The van der Waals surface area contributed by atoms with Crippen molar-refractivity contribution in [3.8, 4) is 0 Å². The number of aromatic nitrogens is 1. The molecular formula is C13H14Cl2N4O2S. The molecule has 0 amide bonds. The number of halogens is 2. The van der Waals surface area contributed by atoms with Gasteiger partial charge in [-0.25, -0.2) is 0 Å². The number of anilines is 3. The van der Waals surface area contributed by atoms with Crippen molar-refractivity contribution >= 4 is 51.0 Å². The average molecular weight is 361 g/mol. The second-order valence-electron chi connectivity index (χ2n) is 4.74. The fraction of sp³-hybridized carbons (Fsp3) is 0.308. The van der Waals surface area contributed by atoms with E-state index in [2.05, 4.69) is 10.2 Å². The Bertz CT molecular complexity index is 740. The third-order valence-electron chi connectivity index (χ3n) is 3.30. The molecule has 2 aromatic rings. The van der Waals surface area contributed by atoms with Crippen molar-refractivity contribution in [1.29, 1.82) is 0 Å². The van der Waals surface area contributed by atoms with Crippen molar-refractivity contribution in [2.75, 3.05) is 42.4 Å². The molecule has 0 radical (unpaired) electrons. The lowest BCUT2D eigenvalue weighted by Gasteiger charge is -2.28. The van der Waals surface area contributed by atoms with Gasteiger partial charge >= 0.3 is 4.87 Å². The molecule has 9 heteroatoms. The van der Waals surface area contributed by atoms with E-state index in [4.69, 9.17) is 33.8 Å². The number of hydrogen-bond donors (Lipinski definition) is 2. The lowest BCUT2D eigenvalue weighted by Crippen LogP contribution is -2.36. The minimum Gasteiger partial charge on any atom is -0.378 e. The van der Waals surface area contributed by atoms with Gasteiger partial charge in [-0.05, 0) is 18.2 Å². The van der Waals surface area contributed by atoms with Crippen LogP contribution in [0.15, 0.2) is 23.0 Å². The minimum absolute atomic E-state index is 0.248. The first-order valence-electron chi connectivity index (χ1n) is 6.62. The summed E-state index contributed by atoms with van der Waals surface area (Å²) in [7, 11) is 0. The van der Waals surface area contributed by atoms with Crippen molar-refractivity contribution in [1.82, 2.24) is 4.68 Å². The molecule has 118 valence electrons. The average Bonchev–Trinajstić information content (AvgIpc) is 2.80. The predicted molar refractivity (Wildman–Crippen MR) is 91.5 cm³/mol. The molecule has 1 aliphatic heterocycles. The standard InChI is InChI=1S/C13H14Cl2N4O2S/c14-8-1-2-9(15)10(7-8)17-11-12(22-13(20)19(11)16)18-3-5-21-6-4-18/h1-2,7,17H,3-6,16H2. The van der Waals surface area contributed by atoms with Crippen LogP contribution in [-0.4, -0.2) is 31.0 Å². The van der Waals surface area contributed by atoms with Crippen LogP contribution in [0.5, 0.6) is 0 Å². The molecule has 0 atom stereocenters. The summed E-state index contributed by atoms with van der Waals surface area (Å²) < 4.78 is 6.43. The van der Waals surface area contributed by atoms with Gasteiger partial charge in [-0.2, -0.15) is 4.68 Å². The fourth-order valence-corrected chi connectivity index (χ4v) is 3.44. The molecule has 1 fully saturated rings. The Kier molecular flexibility index (Phi) is 4.49. The van der Waals surface area contributed by atoms with Gasteiger partial charge in [-0.1, -0.05) is 34.5 Å². The monoisotopic (exact) mass is 360 g/mol. The van der Waals surface area contributed by atoms with E-state index in [0.29, 0.717) is 47.9 Å². The highest BCUT2D eigenvalue weighted by atomic mass is 35.5. The number of nitrogen functional groups attached to an aromatic ring is 1. The topological polar surface area (TPSA) is 72.5 Å². The Balaban J connectivity index is 1.98. The number of nitrogens with two attached hydrogens (primary N) is 1. The van der Waals surface area contributed by atoms with E-state index in [-0.39, 0.29) is 4.87 Å². The lowest BCUT2D eigenvalue weighted by atomic mass is 10.3. The van der Waals surface area contributed by atoms with Gasteiger partial charge in [-0.15, -0.1) is 0 Å². The summed E-state index contributed by atoms with van der Waals surface area (Å²) in [6.07, 6.45) is 0. The summed E-state index contributed by atoms with van der Waals surface area (Å²) in [6, 6.07) is 5.07. The van der Waals surface area contributed by atoms with Crippen LogP contribution in [0.4, 0.5) is 16.5 Å². The Morgan fingerprint density at radius 2 is 2.00 bits per heavy atom. The second kappa shape index (κ2) is 6.37. The molecular weight excluding hydrogens is 347 g/mol. The third-order valence-corrected chi connectivity index (χ3v) is 4.88. The van der Waals surface area contributed by atoms with Crippen LogP contribution in [-0.2, 0) is 4.74 Å². The second-order valence-corrected chi connectivity index (χ2v) is 6.52. The number of nitrogens with zero attached hydrogens (tertiary/aromatic N) is 2. The lowest BCUT2D eigenvalue weighted by molar-refractivity contribution is 0.123. The molecule has 2 heterocycles. The van der Waals surface area contributed by atoms with Crippen molar-refractivity contribution in [3.63, 3.8) is 0 Å². The molecule has 6 nitrogen and oxygen atoms in total. The Hall–Kier alpha value is -1.41. The molecule has 0 bridgehead atoms. The number of benzene rings is 1. The molecule has 1 saturated heterocycles. The summed E-state index contributed by atoms with van der Waals surface area (Å²) in [6.45, 7) is 2.65. The van der Waals surface area contributed by atoms with Crippen LogP contribution in [0.25, 0.3) is 0 Å². The largest absolute Gasteiger partial charge is 0.378 e. The van der Waals surface area contributed by atoms with Gasteiger partial charge in [0.2, 0.25) is 0 Å². The maximum absolute atomic E-state index is 11.9. The highest BCUT2D eigenvalue weighted by molar-refractivity contribution is 7.14. The number of rotatable bonds is 3. The maximum atomic E-state index is 11.9. The van der Waals surface area contributed by atoms with Gasteiger partial charge in [0.25, 0.3) is 0 Å². The molecule has 3 rings (SSSR count). The van der Waals surface area contributed by atoms with Crippen LogP contribution >= 0.6 is 34.5 Å². The molecule has 0 spiro atoms. The van der Waals surface area contributed by atoms with Crippen molar-refractivity contribution in [2.45, 2.75) is 0 Å². The van der Waals surface area contributed by atoms with Crippen LogP contribution in [0.1, 0.15) is 0 Å². The maximum Gasteiger partial charge on any atom is 0.329 e. The number of nitrogens with one attached hydrogen (secondary N) is 1.